The maximum Gasteiger partial charge on any atom is 0.350 e. The number of fused-ring (bicyclic) bond motifs is 3. The van der Waals surface area contributed by atoms with Gasteiger partial charge in [-0.2, -0.15) is 0 Å². The van der Waals surface area contributed by atoms with Crippen LogP contribution in [0.1, 0.15) is 9.67 Å². The lowest BCUT2D eigenvalue weighted by Gasteiger charge is -2.30. The molecule has 0 fully saturated rings. The van der Waals surface area contributed by atoms with Crippen LogP contribution in [0.5, 0.6) is 0 Å². The Morgan fingerprint density at radius 1 is 0.968 bits per heavy atom. The minimum absolute atomic E-state index is 0.144. The second-order valence-electron chi connectivity index (χ2n) is 6.73. The zero-order chi connectivity index (χ0) is 21.5. The van der Waals surface area contributed by atoms with Crippen LogP contribution in [-0.2, 0) is 9.53 Å². The van der Waals surface area contributed by atoms with Crippen molar-refractivity contribution in [3.8, 4) is 0 Å². The molecule has 0 saturated heterocycles. The maximum absolute atomic E-state index is 13.5. The number of halogens is 2. The topological polar surface area (TPSA) is 46.6 Å². The molecule has 0 bridgehead atoms. The fourth-order valence-corrected chi connectivity index (χ4v) is 5.89. The number of ether oxygens (including phenoxy) is 1. The van der Waals surface area contributed by atoms with E-state index < -0.39 is 18.4 Å². The summed E-state index contributed by atoms with van der Waals surface area (Å²) in [5.74, 6) is -1.51. The Morgan fingerprint density at radius 2 is 1.61 bits per heavy atom. The Labute approximate surface area is 190 Å². The van der Waals surface area contributed by atoms with Crippen LogP contribution >= 0.6 is 34.7 Å². The minimum Gasteiger partial charge on any atom is -0.451 e. The van der Waals surface area contributed by atoms with E-state index in [1.54, 1.807) is 16.7 Å². The monoisotopic (exact) mass is 469 g/mol. The summed E-state index contributed by atoms with van der Waals surface area (Å²) in [6, 6.07) is 19.2. The number of hydrogen-bond donors (Lipinski definition) is 0. The van der Waals surface area contributed by atoms with Gasteiger partial charge in [0.1, 0.15) is 10.7 Å². The van der Waals surface area contributed by atoms with Gasteiger partial charge in [-0.3, -0.25) is 9.69 Å². The van der Waals surface area contributed by atoms with E-state index in [1.807, 2.05) is 48.5 Å². The van der Waals surface area contributed by atoms with Gasteiger partial charge < -0.3 is 4.74 Å². The van der Waals surface area contributed by atoms with Gasteiger partial charge in [0.25, 0.3) is 5.91 Å². The molecular formula is C23H13ClFNO3S2. The summed E-state index contributed by atoms with van der Waals surface area (Å²) in [4.78, 5) is 29.3. The Morgan fingerprint density at radius 3 is 2.29 bits per heavy atom. The van der Waals surface area contributed by atoms with Crippen molar-refractivity contribution in [2.45, 2.75) is 9.79 Å². The molecule has 0 unspecified atom stereocenters. The fraction of sp³-hybridized carbons (Fsp3) is 0.0435. The number of esters is 1. The highest BCUT2D eigenvalue weighted by Gasteiger charge is 2.29. The Balaban J connectivity index is 1.40. The molecule has 1 aliphatic heterocycles. The Kier molecular flexibility index (Phi) is 5.17. The molecule has 0 spiro atoms. The molecule has 3 aromatic carbocycles. The van der Waals surface area contributed by atoms with E-state index in [2.05, 4.69) is 0 Å². The summed E-state index contributed by atoms with van der Waals surface area (Å²) in [6.07, 6.45) is 0. The van der Waals surface area contributed by atoms with E-state index in [9.17, 15) is 14.0 Å². The number of nitrogens with zero attached hydrogens (tertiary/aromatic N) is 1. The van der Waals surface area contributed by atoms with Crippen LogP contribution in [0, 0.1) is 5.82 Å². The van der Waals surface area contributed by atoms with Crippen LogP contribution in [-0.4, -0.2) is 18.5 Å². The van der Waals surface area contributed by atoms with E-state index in [-0.39, 0.29) is 15.8 Å². The highest BCUT2D eigenvalue weighted by Crippen LogP contribution is 2.47. The number of carbonyl (C=O) groups excluding carboxylic acids is 2. The third kappa shape index (κ3) is 3.59. The van der Waals surface area contributed by atoms with E-state index in [1.165, 1.54) is 18.2 Å². The predicted molar refractivity (Wildman–Crippen MR) is 121 cm³/mol. The number of amides is 1. The van der Waals surface area contributed by atoms with Crippen LogP contribution in [0.2, 0.25) is 5.02 Å². The summed E-state index contributed by atoms with van der Waals surface area (Å²) in [5, 5.41) is 0.768. The van der Waals surface area contributed by atoms with E-state index in [4.69, 9.17) is 16.3 Å². The molecule has 1 aromatic heterocycles. The predicted octanol–water partition coefficient (Wildman–Crippen LogP) is 6.68. The molecule has 2 heterocycles. The lowest BCUT2D eigenvalue weighted by atomic mass is 10.2. The van der Waals surface area contributed by atoms with Gasteiger partial charge in [0.2, 0.25) is 0 Å². The quantitative estimate of drug-likeness (QED) is 0.314. The number of thiophene rings is 1. The first kappa shape index (κ1) is 20.1. The molecule has 1 amide bonds. The highest BCUT2D eigenvalue weighted by molar-refractivity contribution is 7.99. The van der Waals surface area contributed by atoms with Crippen molar-refractivity contribution in [3.63, 3.8) is 0 Å². The molecule has 0 atom stereocenters. The van der Waals surface area contributed by atoms with Gasteiger partial charge in [-0.15, -0.1) is 11.3 Å². The molecule has 0 radical (unpaired) electrons. The normalized spacial score (nSPS) is 12.4. The average Bonchev–Trinajstić information content (AvgIpc) is 3.11. The van der Waals surface area contributed by atoms with Crippen molar-refractivity contribution >= 4 is 68.0 Å². The zero-order valence-electron chi connectivity index (χ0n) is 15.8. The Hall–Kier alpha value is -2.87. The molecule has 31 heavy (non-hydrogen) atoms. The molecule has 4 aromatic rings. The van der Waals surface area contributed by atoms with Crippen molar-refractivity contribution < 1.29 is 18.7 Å². The highest BCUT2D eigenvalue weighted by atomic mass is 35.5. The van der Waals surface area contributed by atoms with Gasteiger partial charge in [-0.05, 0) is 42.5 Å². The molecule has 4 nitrogen and oxygen atoms in total. The van der Waals surface area contributed by atoms with Crippen LogP contribution in [0.15, 0.2) is 76.5 Å². The second kappa shape index (κ2) is 8.00. The van der Waals surface area contributed by atoms with Gasteiger partial charge in [0.05, 0.1) is 16.4 Å². The number of para-hydroxylation sites is 2. The molecule has 1 aliphatic rings. The number of benzene rings is 3. The average molecular weight is 470 g/mol. The third-order valence-electron chi connectivity index (χ3n) is 4.79. The van der Waals surface area contributed by atoms with Crippen molar-refractivity contribution in [3.05, 3.63) is 82.4 Å². The second-order valence-corrected chi connectivity index (χ2v) is 9.24. The molecule has 8 heteroatoms. The summed E-state index contributed by atoms with van der Waals surface area (Å²) < 4.78 is 19.3. The summed E-state index contributed by atoms with van der Waals surface area (Å²) in [6.45, 7) is -0.453. The molecule has 0 saturated carbocycles. The minimum atomic E-state index is -0.715. The summed E-state index contributed by atoms with van der Waals surface area (Å²) in [7, 11) is 0. The zero-order valence-corrected chi connectivity index (χ0v) is 18.2. The van der Waals surface area contributed by atoms with Gasteiger partial charge in [-0.25, -0.2) is 9.18 Å². The van der Waals surface area contributed by atoms with Crippen molar-refractivity contribution in [1.82, 2.24) is 0 Å². The first-order chi connectivity index (χ1) is 15.0. The smallest absolute Gasteiger partial charge is 0.350 e. The molecule has 5 rings (SSSR count). The summed E-state index contributed by atoms with van der Waals surface area (Å²) >= 11 is 8.91. The van der Waals surface area contributed by atoms with Gasteiger partial charge in [0, 0.05) is 19.9 Å². The first-order valence-corrected chi connectivity index (χ1v) is 11.3. The number of rotatable bonds is 3. The van der Waals surface area contributed by atoms with Crippen LogP contribution in [0.4, 0.5) is 15.8 Å². The first-order valence-electron chi connectivity index (χ1n) is 9.26. The number of carbonyl (C=O) groups is 2. The lowest BCUT2D eigenvalue weighted by molar-refractivity contribution is -0.121. The van der Waals surface area contributed by atoms with E-state index >= 15 is 0 Å². The molecule has 0 N–H and O–H groups in total. The molecule has 0 aliphatic carbocycles. The van der Waals surface area contributed by atoms with Crippen molar-refractivity contribution in [2.75, 3.05) is 11.5 Å². The third-order valence-corrected chi connectivity index (χ3v) is 7.55. The lowest BCUT2D eigenvalue weighted by Crippen LogP contribution is -2.32. The fourth-order valence-electron chi connectivity index (χ4n) is 3.40. The number of anilines is 2. The van der Waals surface area contributed by atoms with Gasteiger partial charge >= 0.3 is 5.97 Å². The standard InChI is InChI=1S/C23H13ClFNO3S2/c24-21-14-10-9-13(25)11-19(14)31-22(21)23(28)29-12-20(27)26-15-5-1-3-7-17(15)30-18-8-4-2-6-16(18)26/h1-11H,12H2. The van der Waals surface area contributed by atoms with Crippen molar-refractivity contribution in [2.24, 2.45) is 0 Å². The van der Waals surface area contributed by atoms with Crippen LogP contribution < -0.4 is 4.90 Å². The van der Waals surface area contributed by atoms with E-state index in [0.29, 0.717) is 10.1 Å². The van der Waals surface area contributed by atoms with Crippen LogP contribution in [0.3, 0.4) is 0 Å². The Bertz CT molecular complexity index is 1310. The summed E-state index contributed by atoms with van der Waals surface area (Å²) in [5.41, 5.74) is 1.48. The maximum atomic E-state index is 13.5. The number of hydrogen-bond acceptors (Lipinski definition) is 5. The van der Waals surface area contributed by atoms with Gasteiger partial charge in [0.15, 0.2) is 6.61 Å². The SMILES string of the molecule is O=C(OCC(=O)N1c2ccccc2Sc2ccccc21)c1sc2cc(F)ccc2c1Cl. The molecular weight excluding hydrogens is 457 g/mol. The van der Waals surface area contributed by atoms with Crippen LogP contribution in [0.25, 0.3) is 10.1 Å². The van der Waals surface area contributed by atoms with Crippen molar-refractivity contribution in [1.29, 1.82) is 0 Å². The van der Waals surface area contributed by atoms with Gasteiger partial charge in [-0.1, -0.05) is 47.6 Å². The van der Waals surface area contributed by atoms with E-state index in [0.717, 1.165) is 32.5 Å². The largest absolute Gasteiger partial charge is 0.451 e. The molecule has 154 valence electrons.